The Morgan fingerprint density at radius 2 is 2.40 bits per heavy atom. The summed E-state index contributed by atoms with van der Waals surface area (Å²) in [6.07, 6.45) is 0.563. The average molecular weight is 275 g/mol. The standard InChI is InChI=1S/C14H14FN3O2/c1-2-10-12(14(19)20)13-16-11(7-18(13)17-10)8-4-3-5-9(15)6-8/h3-6,11,16H,2,7H2,1H3,(H,19,20)/t11-/m1/s1. The molecule has 0 radical (unpaired) electrons. The first-order chi connectivity index (χ1) is 9.60. The molecule has 1 aromatic heterocycles. The normalized spacial score (nSPS) is 16.8. The Morgan fingerprint density at radius 1 is 1.60 bits per heavy atom. The monoisotopic (exact) mass is 275 g/mol. The van der Waals surface area contributed by atoms with E-state index in [2.05, 4.69) is 10.4 Å². The Balaban J connectivity index is 1.95. The van der Waals surface area contributed by atoms with E-state index in [9.17, 15) is 14.3 Å². The molecule has 0 fully saturated rings. The summed E-state index contributed by atoms with van der Waals surface area (Å²) in [4.78, 5) is 11.3. The smallest absolute Gasteiger partial charge is 0.341 e. The van der Waals surface area contributed by atoms with E-state index in [0.717, 1.165) is 5.56 Å². The van der Waals surface area contributed by atoms with Crippen LogP contribution in [0.2, 0.25) is 0 Å². The lowest BCUT2D eigenvalue weighted by Crippen LogP contribution is -2.10. The number of halogens is 1. The first-order valence-electron chi connectivity index (χ1n) is 6.45. The minimum Gasteiger partial charge on any atom is -0.477 e. The number of nitrogens with one attached hydrogen (secondary N) is 1. The molecular weight excluding hydrogens is 261 g/mol. The quantitative estimate of drug-likeness (QED) is 0.903. The van der Waals surface area contributed by atoms with Crippen molar-refractivity contribution in [3.8, 4) is 0 Å². The van der Waals surface area contributed by atoms with Crippen molar-refractivity contribution in [3.63, 3.8) is 0 Å². The second-order valence-electron chi connectivity index (χ2n) is 4.76. The predicted molar refractivity (Wildman–Crippen MR) is 71.3 cm³/mol. The second-order valence-corrected chi connectivity index (χ2v) is 4.76. The van der Waals surface area contributed by atoms with Crippen molar-refractivity contribution in [2.45, 2.75) is 25.9 Å². The highest BCUT2D eigenvalue weighted by molar-refractivity contribution is 5.95. The highest BCUT2D eigenvalue weighted by Crippen LogP contribution is 2.33. The summed E-state index contributed by atoms with van der Waals surface area (Å²) in [5.41, 5.74) is 1.56. The van der Waals surface area contributed by atoms with Gasteiger partial charge in [0.1, 0.15) is 17.2 Å². The number of aryl methyl sites for hydroxylation is 1. The molecule has 1 aliphatic rings. The molecule has 0 aliphatic carbocycles. The van der Waals surface area contributed by atoms with Crippen molar-refractivity contribution < 1.29 is 14.3 Å². The van der Waals surface area contributed by atoms with E-state index in [-0.39, 0.29) is 17.4 Å². The molecule has 104 valence electrons. The predicted octanol–water partition coefficient (Wildman–Crippen LogP) is 2.45. The van der Waals surface area contributed by atoms with E-state index in [4.69, 9.17) is 0 Å². The minimum atomic E-state index is -0.990. The largest absolute Gasteiger partial charge is 0.477 e. The fourth-order valence-electron chi connectivity index (χ4n) is 2.56. The number of carboxylic acid groups (broad SMARTS) is 1. The van der Waals surface area contributed by atoms with Crippen molar-refractivity contribution in [2.75, 3.05) is 5.32 Å². The second kappa shape index (κ2) is 4.63. The van der Waals surface area contributed by atoms with E-state index < -0.39 is 5.97 Å². The van der Waals surface area contributed by atoms with Gasteiger partial charge >= 0.3 is 5.97 Å². The number of hydrogen-bond acceptors (Lipinski definition) is 3. The van der Waals surface area contributed by atoms with Gasteiger partial charge in [0.2, 0.25) is 0 Å². The van der Waals surface area contributed by atoms with E-state index in [1.54, 1.807) is 10.7 Å². The van der Waals surface area contributed by atoms with Crippen molar-refractivity contribution in [3.05, 3.63) is 46.9 Å². The zero-order valence-corrected chi connectivity index (χ0v) is 10.9. The topological polar surface area (TPSA) is 67.2 Å². The van der Waals surface area contributed by atoms with E-state index >= 15 is 0 Å². The molecule has 0 spiro atoms. The van der Waals surface area contributed by atoms with Crippen molar-refractivity contribution >= 4 is 11.8 Å². The molecule has 0 unspecified atom stereocenters. The Morgan fingerprint density at radius 3 is 3.05 bits per heavy atom. The maximum atomic E-state index is 13.3. The number of benzene rings is 1. The highest BCUT2D eigenvalue weighted by Gasteiger charge is 2.30. The molecule has 20 heavy (non-hydrogen) atoms. The van der Waals surface area contributed by atoms with Crippen LogP contribution in [0.1, 0.15) is 34.6 Å². The zero-order chi connectivity index (χ0) is 14.3. The minimum absolute atomic E-state index is 0.155. The summed E-state index contributed by atoms with van der Waals surface area (Å²) in [6, 6.07) is 6.13. The maximum Gasteiger partial charge on any atom is 0.341 e. The van der Waals surface area contributed by atoms with E-state index in [1.165, 1.54) is 12.1 Å². The lowest BCUT2D eigenvalue weighted by atomic mass is 10.1. The highest BCUT2D eigenvalue weighted by atomic mass is 19.1. The Kier molecular flexibility index (Phi) is 2.93. The van der Waals surface area contributed by atoms with Crippen molar-refractivity contribution in [1.29, 1.82) is 0 Å². The van der Waals surface area contributed by atoms with Gasteiger partial charge in [-0.1, -0.05) is 19.1 Å². The van der Waals surface area contributed by atoms with E-state index in [1.807, 2.05) is 13.0 Å². The molecular formula is C14H14FN3O2. The van der Waals surface area contributed by atoms with Gasteiger partial charge in [-0.3, -0.25) is 0 Å². The molecule has 0 amide bonds. The van der Waals surface area contributed by atoms with Crippen LogP contribution in [-0.4, -0.2) is 20.9 Å². The van der Waals surface area contributed by atoms with Gasteiger partial charge in [0.15, 0.2) is 0 Å². The number of aromatic nitrogens is 2. The number of carbonyl (C=O) groups is 1. The molecule has 0 bridgehead atoms. The summed E-state index contributed by atoms with van der Waals surface area (Å²) >= 11 is 0. The summed E-state index contributed by atoms with van der Waals surface area (Å²) in [5, 5.41) is 16.7. The van der Waals surface area contributed by atoms with Gasteiger partial charge in [0, 0.05) is 0 Å². The van der Waals surface area contributed by atoms with Crippen LogP contribution in [0.5, 0.6) is 0 Å². The molecule has 1 aliphatic heterocycles. The van der Waals surface area contributed by atoms with Crippen LogP contribution in [-0.2, 0) is 13.0 Å². The maximum absolute atomic E-state index is 13.3. The van der Waals surface area contributed by atoms with Crippen molar-refractivity contribution in [2.24, 2.45) is 0 Å². The average Bonchev–Trinajstić information content (AvgIpc) is 2.94. The van der Waals surface area contributed by atoms with Crippen LogP contribution >= 0.6 is 0 Å². The molecule has 5 nitrogen and oxygen atoms in total. The lowest BCUT2D eigenvalue weighted by Gasteiger charge is -2.11. The van der Waals surface area contributed by atoms with Crippen LogP contribution in [0, 0.1) is 5.82 Å². The molecule has 1 aromatic carbocycles. The SMILES string of the molecule is CCc1nn2c(c1C(=O)O)N[C@@H](c1cccc(F)c1)C2. The third-order valence-electron chi connectivity index (χ3n) is 3.49. The van der Waals surface area contributed by atoms with Gasteiger partial charge < -0.3 is 10.4 Å². The van der Waals surface area contributed by atoms with Crippen molar-refractivity contribution in [1.82, 2.24) is 9.78 Å². The molecule has 1 atom stereocenters. The first kappa shape index (κ1) is 12.7. The van der Waals surface area contributed by atoms with Gasteiger partial charge in [-0.15, -0.1) is 0 Å². The van der Waals surface area contributed by atoms with Crippen LogP contribution in [0.15, 0.2) is 24.3 Å². The fourth-order valence-corrected chi connectivity index (χ4v) is 2.56. The van der Waals surface area contributed by atoms with E-state index in [0.29, 0.717) is 24.5 Å². The molecule has 0 saturated carbocycles. The lowest BCUT2D eigenvalue weighted by molar-refractivity contribution is 0.0697. The number of anilines is 1. The number of fused-ring (bicyclic) bond motifs is 1. The molecule has 2 N–H and O–H groups in total. The summed E-state index contributed by atoms with van der Waals surface area (Å²) < 4.78 is 14.9. The third-order valence-corrected chi connectivity index (χ3v) is 3.49. The number of aromatic carboxylic acids is 1. The Bertz CT molecular complexity index is 681. The summed E-state index contributed by atoms with van der Waals surface area (Å²) in [7, 11) is 0. The van der Waals surface area contributed by atoms with Gasteiger partial charge in [-0.05, 0) is 24.1 Å². The first-order valence-corrected chi connectivity index (χ1v) is 6.45. The van der Waals surface area contributed by atoms with Crippen LogP contribution in [0.3, 0.4) is 0 Å². The van der Waals surface area contributed by atoms with Crippen LogP contribution < -0.4 is 5.32 Å². The molecule has 3 rings (SSSR count). The van der Waals surface area contributed by atoms with Crippen LogP contribution in [0.4, 0.5) is 10.2 Å². The third kappa shape index (κ3) is 1.93. The number of carboxylic acids is 1. The summed E-state index contributed by atoms with van der Waals surface area (Å²) in [5.74, 6) is -0.791. The number of nitrogens with zero attached hydrogens (tertiary/aromatic N) is 2. The Hall–Kier alpha value is -2.37. The van der Waals surface area contributed by atoms with Gasteiger partial charge in [-0.25, -0.2) is 13.9 Å². The Labute approximate surface area is 115 Å². The number of hydrogen-bond donors (Lipinski definition) is 2. The molecule has 2 heterocycles. The van der Waals surface area contributed by atoms with Crippen LogP contribution in [0.25, 0.3) is 0 Å². The molecule has 2 aromatic rings. The molecule has 6 heteroatoms. The fraction of sp³-hybridized carbons (Fsp3) is 0.286. The van der Waals surface area contributed by atoms with Gasteiger partial charge in [0.25, 0.3) is 0 Å². The van der Waals surface area contributed by atoms with Gasteiger partial charge in [0.05, 0.1) is 18.3 Å². The number of rotatable bonds is 3. The molecule has 0 saturated heterocycles. The van der Waals surface area contributed by atoms with Gasteiger partial charge in [-0.2, -0.15) is 5.10 Å². The zero-order valence-electron chi connectivity index (χ0n) is 10.9. The summed E-state index contributed by atoms with van der Waals surface area (Å²) in [6.45, 7) is 2.37.